The average Bonchev–Trinajstić information content (AvgIpc) is 2.79. The minimum atomic E-state index is -0.561. The van der Waals surface area contributed by atoms with Crippen molar-refractivity contribution >= 4 is 47.2 Å². The molecule has 0 aromatic heterocycles. The Morgan fingerprint density at radius 1 is 0.906 bits per heavy atom. The lowest BCUT2D eigenvalue weighted by Gasteiger charge is -2.08. The first-order valence-electron chi connectivity index (χ1n) is 9.35. The minimum Gasteiger partial charge on any atom is -0.422 e. The molecule has 0 fully saturated rings. The van der Waals surface area contributed by atoms with Crippen LogP contribution in [0.2, 0.25) is 10.0 Å². The van der Waals surface area contributed by atoms with Crippen LogP contribution in [0.5, 0.6) is 5.75 Å². The van der Waals surface area contributed by atoms with Gasteiger partial charge in [0.25, 0.3) is 11.8 Å². The van der Waals surface area contributed by atoms with Gasteiger partial charge < -0.3 is 10.1 Å². The first-order valence-corrected chi connectivity index (χ1v) is 10.1. The van der Waals surface area contributed by atoms with E-state index in [9.17, 15) is 14.4 Å². The lowest BCUT2D eigenvalue weighted by atomic mass is 10.2. The predicted molar refractivity (Wildman–Crippen MR) is 122 cm³/mol. The van der Waals surface area contributed by atoms with Crippen molar-refractivity contribution in [2.24, 2.45) is 5.10 Å². The zero-order chi connectivity index (χ0) is 22.9. The molecule has 3 rings (SSSR count). The number of carbonyl (C=O) groups excluding carboxylic acids is 3. The number of nitrogens with zero attached hydrogens (tertiary/aromatic N) is 1. The van der Waals surface area contributed by atoms with Crippen LogP contribution in [0, 0.1) is 0 Å². The zero-order valence-electron chi connectivity index (χ0n) is 16.5. The van der Waals surface area contributed by atoms with Crippen LogP contribution in [0.1, 0.15) is 26.3 Å². The molecular formula is C23H17Cl2N3O4. The summed E-state index contributed by atoms with van der Waals surface area (Å²) in [5.74, 6) is -1.32. The summed E-state index contributed by atoms with van der Waals surface area (Å²) >= 11 is 11.8. The lowest BCUT2D eigenvalue weighted by Crippen LogP contribution is -2.35. The molecule has 0 bridgehead atoms. The Morgan fingerprint density at radius 2 is 1.59 bits per heavy atom. The molecular weight excluding hydrogens is 453 g/mol. The summed E-state index contributed by atoms with van der Waals surface area (Å²) in [6.45, 7) is -0.297. The number of carbonyl (C=O) groups is 3. The van der Waals surface area contributed by atoms with Crippen LogP contribution in [0.15, 0.2) is 77.9 Å². The summed E-state index contributed by atoms with van der Waals surface area (Å²) in [5.41, 5.74) is 3.37. The standard InChI is InChI=1S/C23H17Cl2N3O4/c24-17-11-9-15(10-12-17)23(31)32-20-8-4-1-5-16(20)13-27-28-21(29)14-26-22(30)18-6-2-3-7-19(18)25/h1-13H,14H2,(H,26,30)(H,28,29). The maximum absolute atomic E-state index is 12.3. The third-order valence-corrected chi connectivity index (χ3v) is 4.70. The van der Waals surface area contributed by atoms with Crippen molar-refractivity contribution in [3.63, 3.8) is 0 Å². The molecule has 162 valence electrons. The Labute approximate surface area is 194 Å². The third-order valence-electron chi connectivity index (χ3n) is 4.12. The van der Waals surface area contributed by atoms with Gasteiger partial charge in [0.15, 0.2) is 0 Å². The van der Waals surface area contributed by atoms with E-state index in [0.717, 1.165) is 0 Å². The molecule has 0 saturated heterocycles. The first-order chi connectivity index (χ1) is 15.4. The van der Waals surface area contributed by atoms with Gasteiger partial charge in [0.05, 0.1) is 28.9 Å². The van der Waals surface area contributed by atoms with Crippen molar-refractivity contribution in [3.05, 3.63) is 99.5 Å². The molecule has 0 heterocycles. The molecule has 9 heteroatoms. The Morgan fingerprint density at radius 3 is 2.34 bits per heavy atom. The van der Waals surface area contributed by atoms with Gasteiger partial charge in [0.1, 0.15) is 5.75 Å². The first kappa shape index (κ1) is 23.0. The normalized spacial score (nSPS) is 10.6. The molecule has 32 heavy (non-hydrogen) atoms. The molecule has 0 aliphatic rings. The second-order valence-electron chi connectivity index (χ2n) is 6.39. The molecule has 0 aliphatic heterocycles. The molecule has 2 amide bonds. The van der Waals surface area contributed by atoms with Crippen LogP contribution in [-0.2, 0) is 4.79 Å². The predicted octanol–water partition coefficient (Wildman–Crippen LogP) is 4.09. The number of hydrogen-bond donors (Lipinski definition) is 2. The molecule has 2 N–H and O–H groups in total. The number of ether oxygens (including phenoxy) is 1. The van der Waals surface area contributed by atoms with E-state index in [0.29, 0.717) is 16.1 Å². The van der Waals surface area contributed by atoms with E-state index in [1.54, 1.807) is 72.8 Å². The van der Waals surface area contributed by atoms with Crippen LogP contribution in [0.4, 0.5) is 0 Å². The smallest absolute Gasteiger partial charge is 0.343 e. The molecule has 7 nitrogen and oxygen atoms in total. The van der Waals surface area contributed by atoms with Crippen LogP contribution < -0.4 is 15.5 Å². The summed E-state index contributed by atoms with van der Waals surface area (Å²) in [6, 6.07) is 19.5. The second kappa shape index (κ2) is 11.1. The number of hydrogen-bond acceptors (Lipinski definition) is 5. The Balaban J connectivity index is 1.55. The molecule has 0 spiro atoms. The molecule has 0 aliphatic carbocycles. The van der Waals surface area contributed by atoms with Crippen molar-refractivity contribution in [1.29, 1.82) is 0 Å². The van der Waals surface area contributed by atoms with E-state index in [1.807, 2.05) is 0 Å². The van der Waals surface area contributed by atoms with Crippen molar-refractivity contribution in [1.82, 2.24) is 10.7 Å². The molecule has 3 aromatic carbocycles. The van der Waals surface area contributed by atoms with Gasteiger partial charge >= 0.3 is 5.97 Å². The van der Waals surface area contributed by atoms with E-state index in [4.69, 9.17) is 27.9 Å². The van der Waals surface area contributed by atoms with Gasteiger partial charge in [0, 0.05) is 10.6 Å². The number of halogens is 2. The summed E-state index contributed by atoms with van der Waals surface area (Å²) in [7, 11) is 0. The Hall–Kier alpha value is -3.68. The van der Waals surface area contributed by atoms with Crippen LogP contribution >= 0.6 is 23.2 Å². The molecule has 0 radical (unpaired) electrons. The third kappa shape index (κ3) is 6.41. The molecule has 0 unspecified atom stereocenters. The fourth-order valence-electron chi connectivity index (χ4n) is 2.54. The topological polar surface area (TPSA) is 96.9 Å². The number of nitrogens with one attached hydrogen (secondary N) is 2. The average molecular weight is 470 g/mol. The van der Waals surface area contributed by atoms with Crippen LogP contribution in [0.25, 0.3) is 0 Å². The van der Waals surface area contributed by atoms with E-state index in [-0.39, 0.29) is 22.9 Å². The quantitative estimate of drug-likeness (QED) is 0.235. The maximum atomic E-state index is 12.3. The molecule has 3 aromatic rings. The summed E-state index contributed by atoms with van der Waals surface area (Å²) in [4.78, 5) is 36.4. The largest absolute Gasteiger partial charge is 0.422 e. The van der Waals surface area contributed by atoms with Crippen LogP contribution in [-0.4, -0.2) is 30.5 Å². The number of para-hydroxylation sites is 1. The highest BCUT2D eigenvalue weighted by molar-refractivity contribution is 6.33. The van der Waals surface area contributed by atoms with Gasteiger partial charge in [-0.05, 0) is 48.5 Å². The van der Waals surface area contributed by atoms with Gasteiger partial charge in [-0.3, -0.25) is 9.59 Å². The highest BCUT2D eigenvalue weighted by Crippen LogP contribution is 2.18. The van der Waals surface area contributed by atoms with Crippen molar-refractivity contribution in [3.8, 4) is 5.75 Å². The van der Waals surface area contributed by atoms with Crippen molar-refractivity contribution in [2.75, 3.05) is 6.54 Å². The SMILES string of the molecule is O=C(CNC(=O)c1ccccc1Cl)NN=Cc1ccccc1OC(=O)c1ccc(Cl)cc1. The molecule has 0 saturated carbocycles. The maximum Gasteiger partial charge on any atom is 0.343 e. The van der Waals surface area contributed by atoms with Gasteiger partial charge in [-0.25, -0.2) is 10.2 Å². The zero-order valence-corrected chi connectivity index (χ0v) is 18.1. The van der Waals surface area contributed by atoms with E-state index < -0.39 is 17.8 Å². The minimum absolute atomic E-state index is 0.262. The summed E-state index contributed by atoms with van der Waals surface area (Å²) in [5, 5.41) is 7.10. The molecule has 0 atom stereocenters. The van der Waals surface area contributed by atoms with Gasteiger partial charge in [-0.1, -0.05) is 47.5 Å². The Bertz CT molecular complexity index is 1160. The Kier molecular flexibility index (Phi) is 7.96. The van der Waals surface area contributed by atoms with Gasteiger partial charge in [-0.2, -0.15) is 5.10 Å². The number of esters is 1. The number of benzene rings is 3. The monoisotopic (exact) mass is 469 g/mol. The highest BCUT2D eigenvalue weighted by Gasteiger charge is 2.12. The van der Waals surface area contributed by atoms with E-state index in [2.05, 4.69) is 15.8 Å². The number of amides is 2. The van der Waals surface area contributed by atoms with Crippen molar-refractivity contribution in [2.45, 2.75) is 0 Å². The van der Waals surface area contributed by atoms with E-state index in [1.165, 1.54) is 6.21 Å². The van der Waals surface area contributed by atoms with Gasteiger partial charge in [-0.15, -0.1) is 0 Å². The second-order valence-corrected chi connectivity index (χ2v) is 7.23. The van der Waals surface area contributed by atoms with Crippen molar-refractivity contribution < 1.29 is 19.1 Å². The highest BCUT2D eigenvalue weighted by atomic mass is 35.5. The fraction of sp³-hybridized carbons (Fsp3) is 0.0435. The van der Waals surface area contributed by atoms with Crippen LogP contribution in [0.3, 0.4) is 0 Å². The van der Waals surface area contributed by atoms with Gasteiger partial charge in [0.2, 0.25) is 0 Å². The fourth-order valence-corrected chi connectivity index (χ4v) is 2.89. The lowest BCUT2D eigenvalue weighted by molar-refractivity contribution is -0.120. The number of rotatable bonds is 7. The summed E-state index contributed by atoms with van der Waals surface area (Å²) < 4.78 is 5.41. The number of hydrazone groups is 1. The van der Waals surface area contributed by atoms with E-state index >= 15 is 0 Å². The summed E-state index contributed by atoms with van der Waals surface area (Å²) in [6.07, 6.45) is 1.33.